The van der Waals surface area contributed by atoms with Crippen LogP contribution in [0.2, 0.25) is 0 Å². The molecule has 3 rings (SSSR count). The number of hydrogen-bond donors (Lipinski definition) is 1. The summed E-state index contributed by atoms with van der Waals surface area (Å²) in [7, 11) is 0. The van der Waals surface area contributed by atoms with Crippen molar-refractivity contribution in [1.82, 2.24) is 0 Å². The molecule has 1 heterocycles. The van der Waals surface area contributed by atoms with Crippen molar-refractivity contribution in [2.24, 2.45) is 0 Å². The maximum Gasteiger partial charge on any atom is 0.338 e. The van der Waals surface area contributed by atoms with Gasteiger partial charge in [-0.25, -0.2) is 4.79 Å². The zero-order valence-electron chi connectivity index (χ0n) is 14.9. The molecule has 2 aromatic carbocycles. The van der Waals surface area contributed by atoms with Crippen LogP contribution in [0.25, 0.3) is 0 Å². The van der Waals surface area contributed by atoms with Crippen LogP contribution in [0, 0.1) is 0 Å². The van der Waals surface area contributed by atoms with Gasteiger partial charge in [0, 0.05) is 11.8 Å². The highest BCUT2D eigenvalue weighted by Gasteiger charge is 2.20. The summed E-state index contributed by atoms with van der Waals surface area (Å²) < 4.78 is 15.8. The Balaban J connectivity index is 1.59. The van der Waals surface area contributed by atoms with E-state index < -0.39 is 18.0 Å². The minimum absolute atomic E-state index is 0.163. The summed E-state index contributed by atoms with van der Waals surface area (Å²) in [5, 5.41) is 2.70. The predicted molar refractivity (Wildman–Crippen MR) is 96.6 cm³/mol. The van der Waals surface area contributed by atoms with Crippen molar-refractivity contribution in [1.29, 1.82) is 0 Å². The molecule has 0 spiro atoms. The molecule has 136 valence electrons. The molecule has 1 amide bonds. The molecule has 0 bridgehead atoms. The Morgan fingerprint density at radius 3 is 2.38 bits per heavy atom. The van der Waals surface area contributed by atoms with Crippen molar-refractivity contribution >= 4 is 17.6 Å². The molecule has 1 aliphatic rings. The number of hydrogen-bond acceptors (Lipinski definition) is 5. The average molecular weight is 355 g/mol. The summed E-state index contributed by atoms with van der Waals surface area (Å²) in [6.07, 6.45) is -0.933. The average Bonchev–Trinajstić information content (AvgIpc) is 3.09. The van der Waals surface area contributed by atoms with Crippen LogP contribution in [0.4, 0.5) is 5.69 Å². The molecule has 0 saturated carbocycles. The van der Waals surface area contributed by atoms with E-state index in [1.165, 1.54) is 6.92 Å². The lowest BCUT2D eigenvalue weighted by molar-refractivity contribution is -0.123. The first-order valence-corrected chi connectivity index (χ1v) is 8.45. The summed E-state index contributed by atoms with van der Waals surface area (Å²) >= 11 is 0. The summed E-state index contributed by atoms with van der Waals surface area (Å²) in [4.78, 5) is 24.5. The van der Waals surface area contributed by atoms with Crippen molar-refractivity contribution in [3.05, 3.63) is 53.6 Å². The lowest BCUT2D eigenvalue weighted by atomic mass is 10.0. The van der Waals surface area contributed by atoms with Crippen molar-refractivity contribution in [3.63, 3.8) is 0 Å². The summed E-state index contributed by atoms with van der Waals surface area (Å²) in [6.45, 7) is 5.85. The Morgan fingerprint density at radius 1 is 1.00 bits per heavy atom. The van der Waals surface area contributed by atoms with Gasteiger partial charge in [-0.1, -0.05) is 26.0 Å². The van der Waals surface area contributed by atoms with Gasteiger partial charge in [-0.05, 0) is 42.7 Å². The van der Waals surface area contributed by atoms with Crippen LogP contribution < -0.4 is 14.8 Å². The van der Waals surface area contributed by atoms with E-state index in [0.29, 0.717) is 28.7 Å². The minimum Gasteiger partial charge on any atom is -0.454 e. The van der Waals surface area contributed by atoms with Crippen LogP contribution in [0.3, 0.4) is 0 Å². The summed E-state index contributed by atoms with van der Waals surface area (Å²) in [5.41, 5.74) is 2.09. The molecule has 0 aromatic heterocycles. The van der Waals surface area contributed by atoms with Crippen LogP contribution >= 0.6 is 0 Å². The van der Waals surface area contributed by atoms with E-state index in [-0.39, 0.29) is 6.79 Å². The number of anilines is 1. The molecule has 6 heteroatoms. The van der Waals surface area contributed by atoms with Crippen molar-refractivity contribution in [2.75, 3.05) is 12.1 Å². The topological polar surface area (TPSA) is 73.9 Å². The van der Waals surface area contributed by atoms with Crippen molar-refractivity contribution < 1.29 is 23.8 Å². The van der Waals surface area contributed by atoms with E-state index in [1.807, 2.05) is 12.1 Å². The highest BCUT2D eigenvalue weighted by Crippen LogP contribution is 2.34. The largest absolute Gasteiger partial charge is 0.454 e. The second-order valence-corrected chi connectivity index (χ2v) is 6.38. The number of nitrogens with one attached hydrogen (secondary N) is 1. The van der Waals surface area contributed by atoms with Crippen molar-refractivity contribution in [2.45, 2.75) is 32.8 Å². The second-order valence-electron chi connectivity index (χ2n) is 6.38. The van der Waals surface area contributed by atoms with Crippen molar-refractivity contribution in [3.8, 4) is 11.5 Å². The van der Waals surface area contributed by atoms with Gasteiger partial charge in [0.15, 0.2) is 17.6 Å². The third kappa shape index (κ3) is 3.96. The first-order valence-electron chi connectivity index (χ1n) is 8.45. The number of carbonyl (C=O) groups excluding carboxylic acids is 2. The van der Waals surface area contributed by atoms with Crippen LogP contribution in [-0.2, 0) is 9.53 Å². The first-order chi connectivity index (χ1) is 12.4. The molecule has 1 atom stereocenters. The second kappa shape index (κ2) is 7.47. The van der Waals surface area contributed by atoms with Gasteiger partial charge >= 0.3 is 5.97 Å². The Hall–Kier alpha value is -3.02. The summed E-state index contributed by atoms with van der Waals surface area (Å²) in [5.74, 6) is 0.626. The molecular weight excluding hydrogens is 334 g/mol. The van der Waals surface area contributed by atoms with Gasteiger partial charge in [0.1, 0.15) is 0 Å². The summed E-state index contributed by atoms with van der Waals surface area (Å²) in [6, 6.07) is 12.3. The van der Waals surface area contributed by atoms with E-state index >= 15 is 0 Å². The highest BCUT2D eigenvalue weighted by atomic mass is 16.7. The van der Waals surface area contributed by atoms with Gasteiger partial charge in [0.2, 0.25) is 6.79 Å². The SMILES string of the molecule is CC(C)c1ccc(C(=O)O[C@H](C)C(=O)Nc2ccc3c(c2)OCO3)cc1. The van der Waals surface area contributed by atoms with Gasteiger partial charge in [-0.15, -0.1) is 0 Å². The Labute approximate surface area is 152 Å². The van der Waals surface area contributed by atoms with Gasteiger partial charge in [0.25, 0.3) is 5.91 Å². The maximum absolute atomic E-state index is 12.3. The number of ether oxygens (including phenoxy) is 3. The Morgan fingerprint density at radius 2 is 1.69 bits per heavy atom. The van der Waals surface area contributed by atoms with Crippen LogP contribution in [-0.4, -0.2) is 24.8 Å². The third-order valence-corrected chi connectivity index (χ3v) is 4.11. The molecule has 1 aliphatic heterocycles. The van der Waals surface area contributed by atoms with Gasteiger partial charge < -0.3 is 19.5 Å². The van der Waals surface area contributed by atoms with E-state index in [1.54, 1.807) is 30.3 Å². The van der Waals surface area contributed by atoms with Crippen LogP contribution in [0.15, 0.2) is 42.5 Å². The van der Waals surface area contributed by atoms with Gasteiger partial charge in [-0.3, -0.25) is 4.79 Å². The molecule has 0 unspecified atom stereocenters. The number of fused-ring (bicyclic) bond motifs is 1. The lowest BCUT2D eigenvalue weighted by Gasteiger charge is -2.14. The fourth-order valence-corrected chi connectivity index (χ4v) is 2.50. The lowest BCUT2D eigenvalue weighted by Crippen LogP contribution is -2.30. The molecule has 26 heavy (non-hydrogen) atoms. The molecule has 0 saturated heterocycles. The Kier molecular flexibility index (Phi) is 5.11. The molecular formula is C20H21NO5. The Bertz CT molecular complexity index is 813. The third-order valence-electron chi connectivity index (χ3n) is 4.11. The monoisotopic (exact) mass is 355 g/mol. The molecule has 6 nitrogen and oxygen atoms in total. The highest BCUT2D eigenvalue weighted by molar-refractivity contribution is 5.97. The molecule has 1 N–H and O–H groups in total. The number of amides is 1. The zero-order valence-corrected chi connectivity index (χ0v) is 14.9. The number of rotatable bonds is 5. The molecule has 0 fully saturated rings. The van der Waals surface area contributed by atoms with E-state index in [2.05, 4.69) is 19.2 Å². The molecule has 0 radical (unpaired) electrons. The first kappa shape index (κ1) is 17.8. The molecule has 0 aliphatic carbocycles. The van der Waals surface area contributed by atoms with Gasteiger partial charge in [-0.2, -0.15) is 0 Å². The number of esters is 1. The van der Waals surface area contributed by atoms with E-state index in [9.17, 15) is 9.59 Å². The van der Waals surface area contributed by atoms with Gasteiger partial charge in [0.05, 0.1) is 5.56 Å². The van der Waals surface area contributed by atoms with E-state index in [4.69, 9.17) is 14.2 Å². The zero-order chi connectivity index (χ0) is 18.7. The van der Waals surface area contributed by atoms with E-state index in [0.717, 1.165) is 5.56 Å². The standard InChI is InChI=1S/C20H21NO5/c1-12(2)14-4-6-15(7-5-14)20(23)26-13(3)19(22)21-16-8-9-17-18(10-16)25-11-24-17/h4-10,12-13H,11H2,1-3H3,(H,21,22)/t13-/m1/s1. The fourth-order valence-electron chi connectivity index (χ4n) is 2.50. The number of benzene rings is 2. The fraction of sp³-hybridized carbons (Fsp3) is 0.300. The quantitative estimate of drug-likeness (QED) is 0.828. The molecule has 2 aromatic rings. The minimum atomic E-state index is -0.933. The normalized spacial score (nSPS) is 13.4. The number of carbonyl (C=O) groups is 2. The predicted octanol–water partition coefficient (Wildman–Crippen LogP) is 3.72. The van der Waals surface area contributed by atoms with Crippen LogP contribution in [0.1, 0.15) is 42.6 Å². The smallest absolute Gasteiger partial charge is 0.338 e. The maximum atomic E-state index is 12.3. The van der Waals surface area contributed by atoms with Crippen LogP contribution in [0.5, 0.6) is 11.5 Å².